The number of H-pyrrole nitrogens is 1. The molecule has 0 aliphatic carbocycles. The SMILES string of the molecule is O=C(O)C(=O)Cc1c[nH]c2ccccc12.OB(O)O. The van der Waals surface area contributed by atoms with Crippen LogP contribution in [-0.4, -0.2) is 44.2 Å². The van der Waals surface area contributed by atoms with Crippen molar-refractivity contribution in [2.24, 2.45) is 0 Å². The Morgan fingerprint density at radius 1 is 1.16 bits per heavy atom. The Morgan fingerprint density at radius 2 is 1.74 bits per heavy atom. The lowest BCUT2D eigenvalue weighted by atomic mass is 10.1. The van der Waals surface area contributed by atoms with Gasteiger partial charge in [-0.05, 0) is 11.6 Å². The van der Waals surface area contributed by atoms with Crippen molar-refractivity contribution in [2.75, 3.05) is 0 Å². The maximum atomic E-state index is 11.0. The van der Waals surface area contributed by atoms with Gasteiger partial charge in [-0.25, -0.2) is 4.79 Å². The van der Waals surface area contributed by atoms with E-state index in [4.69, 9.17) is 20.2 Å². The van der Waals surface area contributed by atoms with Gasteiger partial charge in [-0.1, -0.05) is 18.2 Å². The standard InChI is InChI=1S/C11H9NO3.BH3O3/c13-10(11(14)15)5-7-6-12-9-4-2-1-3-8(7)9;2-1(3)4/h1-4,6,12H,5H2,(H,14,15);2-4H. The molecule has 0 unspecified atom stereocenters. The fourth-order valence-electron chi connectivity index (χ4n) is 1.53. The van der Waals surface area contributed by atoms with Crippen LogP contribution in [0, 0.1) is 0 Å². The minimum Gasteiger partial charge on any atom is -0.475 e. The largest absolute Gasteiger partial charge is 0.631 e. The number of aromatic nitrogens is 1. The highest BCUT2D eigenvalue weighted by molar-refractivity contribution is 6.33. The summed E-state index contributed by atoms with van der Waals surface area (Å²) in [5, 5.41) is 30.9. The Morgan fingerprint density at radius 3 is 2.32 bits per heavy atom. The Labute approximate surface area is 108 Å². The van der Waals surface area contributed by atoms with E-state index in [0.29, 0.717) is 0 Å². The van der Waals surface area contributed by atoms with Gasteiger partial charge in [0.15, 0.2) is 0 Å². The first-order valence-corrected chi connectivity index (χ1v) is 5.27. The number of carboxylic acid groups (broad SMARTS) is 1. The van der Waals surface area contributed by atoms with E-state index in [1.807, 2.05) is 24.3 Å². The highest BCUT2D eigenvalue weighted by Gasteiger charge is 2.14. The second-order valence-electron chi connectivity index (χ2n) is 3.61. The van der Waals surface area contributed by atoms with Gasteiger partial charge >= 0.3 is 13.3 Å². The fourth-order valence-corrected chi connectivity index (χ4v) is 1.53. The van der Waals surface area contributed by atoms with Crippen molar-refractivity contribution in [1.82, 2.24) is 4.98 Å². The number of Topliss-reactive ketones (excluding diaryl/α,β-unsaturated/α-hetero) is 1. The van der Waals surface area contributed by atoms with E-state index in [0.717, 1.165) is 16.5 Å². The van der Waals surface area contributed by atoms with Gasteiger partial charge in [0, 0.05) is 23.5 Å². The van der Waals surface area contributed by atoms with Crippen molar-refractivity contribution in [2.45, 2.75) is 6.42 Å². The van der Waals surface area contributed by atoms with Crippen LogP contribution in [0.3, 0.4) is 0 Å². The molecule has 100 valence electrons. The first kappa shape index (κ1) is 14.9. The highest BCUT2D eigenvalue weighted by atomic mass is 16.5. The molecule has 0 atom stereocenters. The molecular formula is C11H12BNO6. The van der Waals surface area contributed by atoms with Crippen LogP contribution in [0.25, 0.3) is 10.9 Å². The molecule has 2 rings (SSSR count). The zero-order chi connectivity index (χ0) is 14.4. The molecule has 7 nitrogen and oxygen atoms in total. The topological polar surface area (TPSA) is 131 Å². The predicted molar refractivity (Wildman–Crippen MR) is 67.1 cm³/mol. The summed E-state index contributed by atoms with van der Waals surface area (Å²) in [5.41, 5.74) is 1.63. The minimum atomic E-state index is -2.17. The quantitative estimate of drug-likeness (QED) is 0.369. The number of hydrogen-bond acceptors (Lipinski definition) is 5. The van der Waals surface area contributed by atoms with Crippen LogP contribution in [0.1, 0.15) is 5.56 Å². The normalized spacial score (nSPS) is 9.63. The van der Waals surface area contributed by atoms with Gasteiger partial charge in [-0.2, -0.15) is 0 Å². The van der Waals surface area contributed by atoms with Crippen LogP contribution in [0.5, 0.6) is 0 Å². The lowest BCUT2D eigenvalue weighted by molar-refractivity contribution is -0.148. The van der Waals surface area contributed by atoms with Crippen LogP contribution in [-0.2, 0) is 16.0 Å². The predicted octanol–water partition coefficient (Wildman–Crippen LogP) is -0.688. The van der Waals surface area contributed by atoms with Gasteiger partial charge in [0.05, 0.1) is 0 Å². The average molecular weight is 265 g/mol. The van der Waals surface area contributed by atoms with Crippen LogP contribution in [0.2, 0.25) is 0 Å². The van der Waals surface area contributed by atoms with Gasteiger partial charge in [0.1, 0.15) is 0 Å². The van der Waals surface area contributed by atoms with Gasteiger partial charge in [0.25, 0.3) is 0 Å². The maximum Gasteiger partial charge on any atom is 0.631 e. The molecule has 8 heteroatoms. The van der Waals surface area contributed by atoms with Crippen molar-refractivity contribution < 1.29 is 29.8 Å². The zero-order valence-electron chi connectivity index (χ0n) is 9.78. The van der Waals surface area contributed by atoms with Crippen molar-refractivity contribution >= 4 is 30.0 Å². The molecule has 0 aliphatic heterocycles. The first-order chi connectivity index (χ1) is 8.91. The van der Waals surface area contributed by atoms with Gasteiger partial charge in [0.2, 0.25) is 5.78 Å². The van der Waals surface area contributed by atoms with E-state index in [1.54, 1.807) is 6.20 Å². The average Bonchev–Trinajstić information content (AvgIpc) is 2.72. The van der Waals surface area contributed by atoms with E-state index in [9.17, 15) is 9.59 Å². The summed E-state index contributed by atoms with van der Waals surface area (Å²) in [5.74, 6) is -2.18. The molecule has 0 bridgehead atoms. The summed E-state index contributed by atoms with van der Waals surface area (Å²) in [4.78, 5) is 24.4. The fraction of sp³-hybridized carbons (Fsp3) is 0.0909. The number of para-hydroxylation sites is 1. The number of rotatable bonds is 3. The third kappa shape index (κ3) is 4.55. The summed E-state index contributed by atoms with van der Waals surface area (Å²) in [6, 6.07) is 7.47. The minimum absolute atomic E-state index is 0.0701. The van der Waals surface area contributed by atoms with E-state index >= 15 is 0 Å². The molecule has 1 aromatic carbocycles. The summed E-state index contributed by atoms with van der Waals surface area (Å²) < 4.78 is 0. The molecule has 0 radical (unpaired) electrons. The Hall–Kier alpha value is -2.16. The smallest absolute Gasteiger partial charge is 0.475 e. The van der Waals surface area contributed by atoms with Gasteiger partial charge in [-0.15, -0.1) is 0 Å². The van der Waals surface area contributed by atoms with Crippen molar-refractivity contribution in [3.05, 3.63) is 36.0 Å². The van der Waals surface area contributed by atoms with E-state index in [-0.39, 0.29) is 6.42 Å². The zero-order valence-corrected chi connectivity index (χ0v) is 9.78. The van der Waals surface area contributed by atoms with E-state index < -0.39 is 19.1 Å². The number of aliphatic carboxylic acids is 1. The number of aromatic amines is 1. The third-order valence-corrected chi connectivity index (χ3v) is 2.26. The summed E-state index contributed by atoms with van der Waals surface area (Å²) in [6.07, 6.45) is 1.60. The lowest BCUT2D eigenvalue weighted by Gasteiger charge is -1.94. The highest BCUT2D eigenvalue weighted by Crippen LogP contribution is 2.18. The molecule has 1 aromatic heterocycles. The maximum absolute atomic E-state index is 11.0. The number of carboxylic acids is 1. The molecule has 19 heavy (non-hydrogen) atoms. The number of nitrogens with one attached hydrogen (secondary N) is 1. The van der Waals surface area contributed by atoms with Gasteiger partial charge in [-0.3, -0.25) is 4.79 Å². The number of fused-ring (bicyclic) bond motifs is 1. The van der Waals surface area contributed by atoms with Crippen molar-refractivity contribution in [3.8, 4) is 0 Å². The molecule has 0 fully saturated rings. The van der Waals surface area contributed by atoms with Crippen molar-refractivity contribution in [1.29, 1.82) is 0 Å². The van der Waals surface area contributed by atoms with Crippen molar-refractivity contribution in [3.63, 3.8) is 0 Å². The molecule has 5 N–H and O–H groups in total. The lowest BCUT2D eigenvalue weighted by Crippen LogP contribution is -2.14. The van der Waals surface area contributed by atoms with Crippen LogP contribution in [0.4, 0.5) is 0 Å². The molecular weight excluding hydrogens is 253 g/mol. The number of carbonyl (C=O) groups excluding carboxylic acids is 1. The molecule has 0 aliphatic rings. The molecule has 1 heterocycles. The molecule has 0 saturated heterocycles. The number of hydrogen-bond donors (Lipinski definition) is 5. The third-order valence-electron chi connectivity index (χ3n) is 2.26. The van der Waals surface area contributed by atoms with E-state index in [2.05, 4.69) is 4.98 Å². The molecule has 0 spiro atoms. The Kier molecular flexibility index (Phi) is 5.25. The molecule has 0 saturated carbocycles. The summed E-state index contributed by atoms with van der Waals surface area (Å²) >= 11 is 0. The van der Waals surface area contributed by atoms with E-state index in [1.165, 1.54) is 0 Å². The Balaban J connectivity index is 0.000000399. The van der Waals surface area contributed by atoms with Crippen LogP contribution >= 0.6 is 0 Å². The molecule has 2 aromatic rings. The molecule has 0 amide bonds. The second-order valence-corrected chi connectivity index (χ2v) is 3.61. The summed E-state index contributed by atoms with van der Waals surface area (Å²) in [7, 11) is -2.17. The first-order valence-electron chi connectivity index (χ1n) is 5.27. The van der Waals surface area contributed by atoms with Crippen LogP contribution < -0.4 is 0 Å². The second kappa shape index (κ2) is 6.69. The summed E-state index contributed by atoms with van der Waals surface area (Å²) in [6.45, 7) is 0. The Bertz CT molecular complexity index is 577. The van der Waals surface area contributed by atoms with Crippen LogP contribution in [0.15, 0.2) is 30.5 Å². The number of benzene rings is 1. The number of carbonyl (C=O) groups is 2. The monoisotopic (exact) mass is 265 g/mol. The van der Waals surface area contributed by atoms with Gasteiger partial charge < -0.3 is 25.2 Å². The number of ketones is 1.